The minimum Gasteiger partial charge on any atom is -0.324 e. The van der Waals surface area contributed by atoms with Crippen LogP contribution in [0.5, 0.6) is 0 Å². The zero-order chi connectivity index (χ0) is 20.5. The Morgan fingerprint density at radius 3 is 2.55 bits per heavy atom. The van der Waals surface area contributed by atoms with Crippen LogP contribution in [0.3, 0.4) is 0 Å². The molecule has 4 nitrogen and oxygen atoms in total. The number of fused-ring (bicyclic) bond motifs is 1. The van der Waals surface area contributed by atoms with Gasteiger partial charge >= 0.3 is 0 Å². The zero-order valence-electron chi connectivity index (χ0n) is 15.0. The fourth-order valence-corrected chi connectivity index (χ4v) is 4.23. The van der Waals surface area contributed by atoms with Gasteiger partial charge in [0.1, 0.15) is 6.54 Å². The number of amides is 2. The highest BCUT2D eigenvalue weighted by atomic mass is 79.9. The van der Waals surface area contributed by atoms with E-state index in [0.717, 1.165) is 15.6 Å². The molecule has 1 atom stereocenters. The van der Waals surface area contributed by atoms with E-state index in [1.54, 1.807) is 12.1 Å². The van der Waals surface area contributed by atoms with Crippen LogP contribution in [0.25, 0.3) is 0 Å². The van der Waals surface area contributed by atoms with Crippen molar-refractivity contribution in [3.05, 3.63) is 97.9 Å². The predicted molar refractivity (Wildman–Crippen MR) is 119 cm³/mol. The third-order valence-electron chi connectivity index (χ3n) is 4.74. The summed E-state index contributed by atoms with van der Waals surface area (Å²) in [4.78, 5) is 27.7. The number of carbonyl (C=O) groups excluding carboxylic acids is 2. The van der Waals surface area contributed by atoms with E-state index in [9.17, 15) is 9.59 Å². The molecule has 0 radical (unpaired) electrons. The third-order valence-corrected chi connectivity index (χ3v) is 5.80. The normalized spacial score (nSPS) is 16.0. The highest BCUT2D eigenvalue weighted by molar-refractivity contribution is 9.10. The molecular weight excluding hydrogens is 475 g/mol. The number of hydrogen-bond donors (Lipinski definition) is 1. The molecule has 0 fully saturated rings. The van der Waals surface area contributed by atoms with E-state index in [1.807, 2.05) is 48.5 Å². The van der Waals surface area contributed by atoms with Gasteiger partial charge in [0.25, 0.3) is 5.91 Å². The number of nitrogens with one attached hydrogen (secondary N) is 1. The summed E-state index contributed by atoms with van der Waals surface area (Å²) < 4.78 is 0.849. The molecule has 146 valence electrons. The molecule has 3 aromatic carbocycles. The minimum atomic E-state index is -0.481. The van der Waals surface area contributed by atoms with Crippen LogP contribution in [0.2, 0.25) is 10.0 Å². The van der Waals surface area contributed by atoms with Gasteiger partial charge in [-0.1, -0.05) is 69.5 Å². The molecule has 0 aromatic heterocycles. The van der Waals surface area contributed by atoms with Crippen LogP contribution in [0.4, 0.5) is 5.69 Å². The first-order valence-electron chi connectivity index (χ1n) is 8.84. The number of nitrogens with zero attached hydrogens (tertiary/aromatic N) is 1. The van der Waals surface area contributed by atoms with E-state index in [4.69, 9.17) is 23.2 Å². The van der Waals surface area contributed by atoms with Gasteiger partial charge in [0.15, 0.2) is 0 Å². The van der Waals surface area contributed by atoms with Crippen LogP contribution in [-0.4, -0.2) is 23.3 Å². The van der Waals surface area contributed by atoms with E-state index in [0.29, 0.717) is 10.7 Å². The summed E-state index contributed by atoms with van der Waals surface area (Å²) in [6, 6.07) is 19.4. The average Bonchev–Trinajstić information content (AvgIpc) is 2.85. The van der Waals surface area contributed by atoms with Crippen LogP contribution in [-0.2, 0) is 4.79 Å². The molecule has 0 bridgehead atoms. The van der Waals surface area contributed by atoms with Crippen molar-refractivity contribution in [2.24, 2.45) is 0 Å². The largest absolute Gasteiger partial charge is 0.324 e. The molecular formula is C22H15BrCl2N2O2. The lowest BCUT2D eigenvalue weighted by molar-refractivity contribution is -0.117. The fraction of sp³-hybridized carbons (Fsp3) is 0.0909. The van der Waals surface area contributed by atoms with Gasteiger partial charge in [-0.3, -0.25) is 9.59 Å². The summed E-state index contributed by atoms with van der Waals surface area (Å²) in [5.41, 5.74) is 2.61. The summed E-state index contributed by atoms with van der Waals surface area (Å²) in [5, 5.41) is 3.58. The van der Waals surface area contributed by atoms with E-state index >= 15 is 0 Å². The number of rotatable bonds is 2. The molecule has 0 saturated carbocycles. The number of benzene rings is 3. The molecule has 1 N–H and O–H groups in total. The third kappa shape index (κ3) is 4.04. The van der Waals surface area contributed by atoms with Gasteiger partial charge in [-0.2, -0.15) is 0 Å². The van der Waals surface area contributed by atoms with E-state index in [1.165, 1.54) is 11.0 Å². The molecule has 3 aromatic rings. The van der Waals surface area contributed by atoms with Crippen LogP contribution >= 0.6 is 39.1 Å². The molecule has 7 heteroatoms. The molecule has 1 aliphatic rings. The summed E-state index contributed by atoms with van der Waals surface area (Å²) >= 11 is 15.9. The standard InChI is InChI=1S/C22H15BrCl2N2O2/c23-14-6-9-19-17(10-14)21(13-4-2-1-3-5-13)27(12-20(28)26-19)22(29)16-11-15(24)7-8-18(16)25/h1-11,21H,12H2,(H,26,28)/t21-/m1/s1. The van der Waals surface area contributed by atoms with Crippen LogP contribution < -0.4 is 5.32 Å². The van der Waals surface area contributed by atoms with Crippen LogP contribution in [0.1, 0.15) is 27.5 Å². The smallest absolute Gasteiger partial charge is 0.256 e. The van der Waals surface area contributed by atoms with Crippen molar-refractivity contribution in [1.82, 2.24) is 4.90 Å². The number of anilines is 1. The topological polar surface area (TPSA) is 49.4 Å². The maximum Gasteiger partial charge on any atom is 0.256 e. The molecule has 0 saturated heterocycles. The molecule has 2 amide bonds. The molecule has 1 aliphatic heterocycles. The van der Waals surface area contributed by atoms with Crippen molar-refractivity contribution in [1.29, 1.82) is 0 Å². The highest BCUT2D eigenvalue weighted by Crippen LogP contribution is 2.38. The number of halogens is 3. The van der Waals surface area contributed by atoms with E-state index in [-0.39, 0.29) is 28.9 Å². The van der Waals surface area contributed by atoms with Gasteiger partial charge in [-0.25, -0.2) is 0 Å². The Bertz CT molecular complexity index is 1110. The van der Waals surface area contributed by atoms with Gasteiger partial charge in [0.05, 0.1) is 16.6 Å². The average molecular weight is 490 g/mol. The first kappa shape index (κ1) is 20.0. The van der Waals surface area contributed by atoms with Crippen LogP contribution in [0, 0.1) is 0 Å². The lowest BCUT2D eigenvalue weighted by atomic mass is 9.95. The molecule has 29 heavy (non-hydrogen) atoms. The Kier molecular flexibility index (Phi) is 5.63. The summed E-state index contributed by atoms with van der Waals surface area (Å²) in [6.45, 7) is -0.118. The van der Waals surface area contributed by atoms with Crippen molar-refractivity contribution < 1.29 is 9.59 Å². The Balaban J connectivity index is 1.91. The monoisotopic (exact) mass is 488 g/mol. The van der Waals surface area contributed by atoms with Crippen molar-refractivity contribution >= 4 is 56.6 Å². The minimum absolute atomic E-state index is 0.118. The second-order valence-corrected chi connectivity index (χ2v) is 8.41. The Hall–Kier alpha value is -2.34. The zero-order valence-corrected chi connectivity index (χ0v) is 18.1. The van der Waals surface area contributed by atoms with Crippen molar-refractivity contribution in [2.45, 2.75) is 6.04 Å². The number of carbonyl (C=O) groups is 2. The van der Waals surface area contributed by atoms with E-state index < -0.39 is 6.04 Å². The summed E-state index contributed by atoms with van der Waals surface area (Å²) in [5.74, 6) is -0.646. The highest BCUT2D eigenvalue weighted by Gasteiger charge is 2.34. The molecule has 0 spiro atoms. The SMILES string of the molecule is O=C1CN(C(=O)c2cc(Cl)ccc2Cl)[C@H](c2ccccc2)c2cc(Br)ccc2N1. The van der Waals surface area contributed by atoms with Gasteiger partial charge in [-0.05, 0) is 42.0 Å². The van der Waals surface area contributed by atoms with Gasteiger partial charge in [-0.15, -0.1) is 0 Å². The molecule has 1 heterocycles. The predicted octanol–water partition coefficient (Wildman–Crippen LogP) is 5.94. The lowest BCUT2D eigenvalue weighted by Crippen LogP contribution is -2.39. The van der Waals surface area contributed by atoms with Crippen molar-refractivity contribution in [2.75, 3.05) is 11.9 Å². The lowest BCUT2D eigenvalue weighted by Gasteiger charge is -2.31. The van der Waals surface area contributed by atoms with Crippen LogP contribution in [0.15, 0.2) is 71.2 Å². The van der Waals surface area contributed by atoms with Gasteiger partial charge in [0, 0.05) is 20.7 Å². The molecule has 0 unspecified atom stereocenters. The summed E-state index contributed by atoms with van der Waals surface area (Å²) in [6.07, 6.45) is 0. The second kappa shape index (κ2) is 8.19. The Morgan fingerprint density at radius 1 is 1.03 bits per heavy atom. The quantitative estimate of drug-likeness (QED) is 0.484. The van der Waals surface area contributed by atoms with Gasteiger partial charge in [0.2, 0.25) is 5.91 Å². The first-order valence-corrected chi connectivity index (χ1v) is 10.4. The van der Waals surface area contributed by atoms with Gasteiger partial charge < -0.3 is 10.2 Å². The summed E-state index contributed by atoms with van der Waals surface area (Å²) in [7, 11) is 0. The first-order chi connectivity index (χ1) is 13.9. The fourth-order valence-electron chi connectivity index (χ4n) is 3.48. The Labute approximate surface area is 186 Å². The maximum atomic E-state index is 13.5. The van der Waals surface area contributed by atoms with Crippen molar-refractivity contribution in [3.8, 4) is 0 Å². The molecule has 0 aliphatic carbocycles. The number of hydrogen-bond acceptors (Lipinski definition) is 2. The van der Waals surface area contributed by atoms with Crippen molar-refractivity contribution in [3.63, 3.8) is 0 Å². The molecule has 4 rings (SSSR count). The second-order valence-electron chi connectivity index (χ2n) is 6.65. The van der Waals surface area contributed by atoms with E-state index in [2.05, 4.69) is 21.2 Å². The maximum absolute atomic E-state index is 13.5. The Morgan fingerprint density at radius 2 is 1.79 bits per heavy atom.